The van der Waals surface area contributed by atoms with Gasteiger partial charge in [0.1, 0.15) is 23.5 Å². The number of hydrogen-bond donors (Lipinski definition) is 4. The molecule has 2 aromatic rings. The molecule has 0 saturated heterocycles. The minimum absolute atomic E-state index is 0.0580. The van der Waals surface area contributed by atoms with Crippen molar-refractivity contribution in [3.8, 4) is 0 Å². The third-order valence-corrected chi connectivity index (χ3v) is 5.89. The van der Waals surface area contributed by atoms with Gasteiger partial charge in [-0.05, 0) is 55.0 Å². The Bertz CT molecular complexity index is 1080. The Morgan fingerprint density at radius 3 is 2.78 bits per heavy atom. The van der Waals surface area contributed by atoms with E-state index < -0.39 is 5.82 Å². The van der Waals surface area contributed by atoms with Crippen LogP contribution in [0.5, 0.6) is 0 Å². The van der Waals surface area contributed by atoms with Crippen molar-refractivity contribution in [3.05, 3.63) is 52.9 Å². The molecule has 1 aliphatic carbocycles. The van der Waals surface area contributed by atoms with Gasteiger partial charge in [0.15, 0.2) is 11.5 Å². The highest BCUT2D eigenvalue weighted by Gasteiger charge is 2.33. The highest BCUT2D eigenvalue weighted by atomic mass is 19.1. The largest absolute Gasteiger partial charge is 0.404 e. The molecule has 9 heteroatoms. The first-order chi connectivity index (χ1) is 15.5. The smallest absolute Gasteiger partial charge is 0.272 e. The Morgan fingerprint density at radius 1 is 1.28 bits per heavy atom. The zero-order chi connectivity index (χ0) is 22.7. The molecule has 1 amide bonds. The van der Waals surface area contributed by atoms with Gasteiger partial charge in [0, 0.05) is 31.6 Å². The van der Waals surface area contributed by atoms with Crippen molar-refractivity contribution in [2.45, 2.75) is 45.3 Å². The predicted octanol–water partition coefficient (Wildman–Crippen LogP) is 3.21. The molecule has 32 heavy (non-hydrogen) atoms. The average molecular weight is 438 g/mol. The van der Waals surface area contributed by atoms with E-state index in [0.29, 0.717) is 39.9 Å². The lowest BCUT2D eigenvalue weighted by atomic mass is 10.0. The first-order valence-electron chi connectivity index (χ1n) is 10.8. The Morgan fingerprint density at radius 2 is 2.06 bits per heavy atom. The fourth-order valence-corrected chi connectivity index (χ4v) is 4.38. The quantitative estimate of drug-likeness (QED) is 0.516. The monoisotopic (exact) mass is 437 g/mol. The van der Waals surface area contributed by atoms with Crippen molar-refractivity contribution >= 4 is 29.2 Å². The van der Waals surface area contributed by atoms with Crippen molar-refractivity contribution in [3.63, 3.8) is 0 Å². The van der Waals surface area contributed by atoms with Gasteiger partial charge in [0.05, 0.1) is 0 Å². The molecule has 1 aliphatic heterocycles. The van der Waals surface area contributed by atoms with Gasteiger partial charge in [0.25, 0.3) is 5.91 Å². The summed E-state index contributed by atoms with van der Waals surface area (Å²) in [6, 6.07) is 4.53. The van der Waals surface area contributed by atoms with Gasteiger partial charge in [-0.25, -0.2) is 14.4 Å². The van der Waals surface area contributed by atoms with E-state index in [1.165, 1.54) is 31.2 Å². The van der Waals surface area contributed by atoms with Crippen LogP contribution in [0.2, 0.25) is 0 Å². The lowest BCUT2D eigenvalue weighted by Gasteiger charge is -2.19. The van der Waals surface area contributed by atoms with E-state index in [9.17, 15) is 9.18 Å². The lowest BCUT2D eigenvalue weighted by molar-refractivity contribution is 0.0946. The number of aryl methyl sites for hydroxylation is 1. The van der Waals surface area contributed by atoms with Crippen LogP contribution in [0.25, 0.3) is 5.57 Å². The molecule has 1 aromatic carbocycles. The van der Waals surface area contributed by atoms with Crippen LogP contribution < -0.4 is 21.7 Å². The van der Waals surface area contributed by atoms with Crippen molar-refractivity contribution < 1.29 is 9.18 Å². The normalized spacial score (nSPS) is 18.5. The predicted molar refractivity (Wildman–Crippen MR) is 124 cm³/mol. The number of fused-ring (bicyclic) bond motifs is 1. The molecule has 1 fully saturated rings. The molecule has 1 saturated carbocycles. The van der Waals surface area contributed by atoms with Crippen LogP contribution in [0, 0.1) is 18.7 Å². The summed E-state index contributed by atoms with van der Waals surface area (Å²) in [6.07, 6.45) is 7.73. The Labute approximate surface area is 186 Å². The molecule has 0 spiro atoms. The summed E-state index contributed by atoms with van der Waals surface area (Å²) in [7, 11) is 1.62. The summed E-state index contributed by atoms with van der Waals surface area (Å²) in [5, 5.41) is 9.68. The number of allylic oxidation sites excluding steroid dienone is 1. The van der Waals surface area contributed by atoms with E-state index in [2.05, 4.69) is 30.9 Å². The maximum Gasteiger partial charge on any atom is 0.272 e. The lowest BCUT2D eigenvalue weighted by Crippen LogP contribution is -2.31. The first-order valence-corrected chi connectivity index (χ1v) is 10.8. The molecular formula is C23H28FN7O. The van der Waals surface area contributed by atoms with Crippen LogP contribution in [-0.4, -0.2) is 35.3 Å². The van der Waals surface area contributed by atoms with Crippen LogP contribution in [0.15, 0.2) is 29.4 Å². The van der Waals surface area contributed by atoms with Crippen molar-refractivity contribution in [2.24, 2.45) is 16.6 Å². The molecule has 2 heterocycles. The molecule has 2 aliphatic rings. The number of aromatic nitrogens is 2. The molecule has 168 valence electrons. The van der Waals surface area contributed by atoms with E-state index in [4.69, 9.17) is 5.73 Å². The van der Waals surface area contributed by atoms with Gasteiger partial charge in [-0.1, -0.05) is 12.8 Å². The zero-order valence-corrected chi connectivity index (χ0v) is 18.3. The number of carbonyl (C=O) groups is 1. The molecule has 5 N–H and O–H groups in total. The van der Waals surface area contributed by atoms with E-state index >= 15 is 0 Å². The summed E-state index contributed by atoms with van der Waals surface area (Å²) in [5.41, 5.74) is 8.34. The number of rotatable bonds is 6. The van der Waals surface area contributed by atoms with Gasteiger partial charge >= 0.3 is 0 Å². The number of amides is 1. The first kappa shape index (κ1) is 21.7. The summed E-state index contributed by atoms with van der Waals surface area (Å²) in [6.45, 7) is 1.90. The molecule has 4 rings (SSSR count). The number of nitrogens with two attached hydrogens (primary N) is 1. The number of halogens is 1. The van der Waals surface area contributed by atoms with E-state index in [0.717, 1.165) is 12.8 Å². The molecule has 8 nitrogen and oxygen atoms in total. The number of hydrogen-bond acceptors (Lipinski definition) is 7. The standard InChI is InChI=1S/C23H28FN7O/c1-13-28-20(19-22(29-13)31-21(30-19)15-5-3-4-6-15)23(32)27-11-14-7-16(9-18(24)8-14)17(10-25)12-26-2/h7-10,12,15,21,30H,3-6,11,25H2,1-2H3,(H,27,32)(H,28,29,31). The van der Waals surface area contributed by atoms with Gasteiger partial charge in [0.2, 0.25) is 0 Å². The van der Waals surface area contributed by atoms with Crippen molar-refractivity contribution in [1.29, 1.82) is 0 Å². The zero-order valence-electron chi connectivity index (χ0n) is 18.3. The van der Waals surface area contributed by atoms with Crippen LogP contribution in [0.3, 0.4) is 0 Å². The number of aliphatic imine (C=N–C) groups is 1. The summed E-state index contributed by atoms with van der Waals surface area (Å²) in [4.78, 5) is 25.8. The fourth-order valence-electron chi connectivity index (χ4n) is 4.38. The van der Waals surface area contributed by atoms with Crippen molar-refractivity contribution in [2.75, 3.05) is 17.7 Å². The van der Waals surface area contributed by atoms with Gasteiger partial charge < -0.3 is 21.7 Å². The fraction of sp³-hybridized carbons (Fsp3) is 0.391. The third-order valence-electron chi connectivity index (χ3n) is 5.89. The number of nitrogens with one attached hydrogen (secondary N) is 3. The second kappa shape index (κ2) is 9.33. The maximum absolute atomic E-state index is 14.2. The highest BCUT2D eigenvalue weighted by Crippen LogP contribution is 2.37. The SMILES string of the molecule is CN=CC(=CN)c1cc(F)cc(CNC(=O)c2nc(C)nc3c2NC(C2CCCC2)N3)c1. The highest BCUT2D eigenvalue weighted by molar-refractivity contribution is 6.09. The average Bonchev–Trinajstić information content (AvgIpc) is 3.44. The maximum atomic E-state index is 14.2. The second-order valence-corrected chi connectivity index (χ2v) is 8.19. The number of nitrogens with zero attached hydrogens (tertiary/aromatic N) is 3. The number of benzene rings is 1. The van der Waals surface area contributed by atoms with E-state index in [1.807, 2.05) is 0 Å². The Balaban J connectivity index is 1.51. The van der Waals surface area contributed by atoms with Crippen LogP contribution in [0.1, 0.15) is 53.1 Å². The van der Waals surface area contributed by atoms with E-state index in [1.54, 1.807) is 26.3 Å². The molecule has 0 radical (unpaired) electrons. The number of anilines is 2. The summed E-state index contributed by atoms with van der Waals surface area (Å²) in [5.74, 6) is 0.912. The topological polar surface area (TPSA) is 117 Å². The molecule has 1 aromatic heterocycles. The molecular weight excluding hydrogens is 409 g/mol. The van der Waals surface area contributed by atoms with Gasteiger partial charge in [-0.3, -0.25) is 9.79 Å². The third kappa shape index (κ3) is 4.56. The Kier molecular flexibility index (Phi) is 6.34. The van der Waals surface area contributed by atoms with Gasteiger partial charge in [-0.2, -0.15) is 0 Å². The van der Waals surface area contributed by atoms with Gasteiger partial charge in [-0.15, -0.1) is 0 Å². The Hall–Kier alpha value is -3.49. The minimum atomic E-state index is -0.417. The van der Waals surface area contributed by atoms with E-state index in [-0.39, 0.29) is 24.3 Å². The number of carbonyl (C=O) groups excluding carboxylic acids is 1. The molecule has 1 atom stereocenters. The van der Waals surface area contributed by atoms with Crippen molar-refractivity contribution in [1.82, 2.24) is 15.3 Å². The summed E-state index contributed by atoms with van der Waals surface area (Å²) < 4.78 is 14.2. The second-order valence-electron chi connectivity index (χ2n) is 8.19. The molecule has 0 bridgehead atoms. The molecule has 1 unspecified atom stereocenters. The van der Waals surface area contributed by atoms with Crippen LogP contribution in [0.4, 0.5) is 15.9 Å². The van der Waals surface area contributed by atoms with Crippen LogP contribution in [-0.2, 0) is 6.54 Å². The summed E-state index contributed by atoms with van der Waals surface area (Å²) >= 11 is 0. The minimum Gasteiger partial charge on any atom is -0.404 e. The van der Waals surface area contributed by atoms with Crippen LogP contribution >= 0.6 is 0 Å².